The molecule has 1 aliphatic heterocycles. The fourth-order valence-electron chi connectivity index (χ4n) is 2.02. The molecule has 6 nitrogen and oxygen atoms in total. The molecular weight excluding hydrogens is 262 g/mol. The lowest BCUT2D eigenvalue weighted by atomic mass is 10.2. The minimum absolute atomic E-state index is 0.312. The number of hydrogen-bond donors (Lipinski definition) is 2. The van der Waals surface area contributed by atoms with E-state index in [-0.39, 0.29) is 0 Å². The maximum Gasteiger partial charge on any atom is 0.336 e. The number of ether oxygens (including phenoxy) is 2. The normalized spacial score (nSPS) is 24.3. The van der Waals surface area contributed by atoms with E-state index in [0.717, 1.165) is 5.56 Å². The summed E-state index contributed by atoms with van der Waals surface area (Å²) in [5.41, 5.74) is 0.922. The second-order valence-corrected chi connectivity index (χ2v) is 5.02. The lowest BCUT2D eigenvalue weighted by molar-refractivity contribution is -0.166. The van der Waals surface area contributed by atoms with E-state index in [4.69, 9.17) is 14.6 Å². The number of carbonyl (C=O) groups is 2. The van der Waals surface area contributed by atoms with Crippen LogP contribution in [0.4, 0.5) is 0 Å². The number of carboxylic acids is 1. The molecule has 0 bridgehead atoms. The molecule has 1 saturated heterocycles. The van der Waals surface area contributed by atoms with Gasteiger partial charge in [-0.25, -0.2) is 4.79 Å². The first kappa shape index (κ1) is 14.5. The van der Waals surface area contributed by atoms with Crippen LogP contribution in [-0.2, 0) is 25.6 Å². The van der Waals surface area contributed by atoms with Crippen LogP contribution in [0.2, 0.25) is 0 Å². The van der Waals surface area contributed by atoms with E-state index >= 15 is 0 Å². The van der Waals surface area contributed by atoms with Crippen molar-refractivity contribution in [2.45, 2.75) is 38.4 Å². The summed E-state index contributed by atoms with van der Waals surface area (Å²) >= 11 is 0. The number of amides is 1. The van der Waals surface area contributed by atoms with E-state index in [1.165, 1.54) is 0 Å². The predicted octanol–water partition coefficient (Wildman–Crippen LogP) is 0.907. The maximum atomic E-state index is 12.0. The molecular formula is C14H17NO5. The Hall–Kier alpha value is -1.92. The topological polar surface area (TPSA) is 84.9 Å². The molecule has 2 rings (SSSR count). The maximum absolute atomic E-state index is 12.0. The molecule has 2 atom stereocenters. The Labute approximate surface area is 116 Å². The van der Waals surface area contributed by atoms with Crippen molar-refractivity contribution in [3.8, 4) is 0 Å². The van der Waals surface area contributed by atoms with E-state index < -0.39 is 29.9 Å². The van der Waals surface area contributed by atoms with Gasteiger partial charge in [0, 0.05) is 6.54 Å². The van der Waals surface area contributed by atoms with Crippen LogP contribution in [0, 0.1) is 0 Å². The zero-order valence-corrected chi connectivity index (χ0v) is 11.3. The molecule has 0 spiro atoms. The van der Waals surface area contributed by atoms with Crippen molar-refractivity contribution in [2.75, 3.05) is 0 Å². The Balaban J connectivity index is 1.99. The number of carbonyl (C=O) groups excluding carboxylic acids is 1. The summed E-state index contributed by atoms with van der Waals surface area (Å²) in [6.45, 7) is 3.47. The van der Waals surface area contributed by atoms with Crippen LogP contribution >= 0.6 is 0 Å². The second-order valence-electron chi connectivity index (χ2n) is 5.02. The van der Waals surface area contributed by atoms with Crippen molar-refractivity contribution in [1.82, 2.24) is 5.32 Å². The van der Waals surface area contributed by atoms with Gasteiger partial charge in [0.2, 0.25) is 0 Å². The van der Waals surface area contributed by atoms with Gasteiger partial charge >= 0.3 is 5.97 Å². The summed E-state index contributed by atoms with van der Waals surface area (Å²) in [6.07, 6.45) is -2.44. The van der Waals surface area contributed by atoms with E-state index in [2.05, 4.69) is 5.32 Å². The van der Waals surface area contributed by atoms with Crippen LogP contribution in [0.15, 0.2) is 30.3 Å². The minimum Gasteiger partial charge on any atom is -0.479 e. The van der Waals surface area contributed by atoms with Gasteiger partial charge in [0.25, 0.3) is 5.91 Å². The summed E-state index contributed by atoms with van der Waals surface area (Å²) in [5, 5.41) is 11.7. The Bertz CT molecular complexity index is 500. The summed E-state index contributed by atoms with van der Waals surface area (Å²) in [4.78, 5) is 23.1. The molecule has 20 heavy (non-hydrogen) atoms. The molecule has 1 aromatic carbocycles. The fourth-order valence-corrected chi connectivity index (χ4v) is 2.02. The third-order valence-corrected chi connectivity index (χ3v) is 2.91. The number of carboxylic acid groups (broad SMARTS) is 1. The van der Waals surface area contributed by atoms with Gasteiger partial charge in [0.05, 0.1) is 0 Å². The average molecular weight is 279 g/mol. The van der Waals surface area contributed by atoms with E-state index in [1.54, 1.807) is 13.8 Å². The first-order valence-corrected chi connectivity index (χ1v) is 6.29. The largest absolute Gasteiger partial charge is 0.479 e. The van der Waals surface area contributed by atoms with Gasteiger partial charge in [-0.1, -0.05) is 30.3 Å². The van der Waals surface area contributed by atoms with Crippen LogP contribution in [0.1, 0.15) is 19.4 Å². The summed E-state index contributed by atoms with van der Waals surface area (Å²) < 4.78 is 10.6. The highest BCUT2D eigenvalue weighted by molar-refractivity contribution is 5.88. The van der Waals surface area contributed by atoms with Gasteiger partial charge in [-0.2, -0.15) is 0 Å². The standard InChI is InChI=1S/C14H17NO5/c1-14(2)19-10(11(20-14)13(17)18)12(16)15-8-9-6-4-3-5-7-9/h3-7,10-11H,8H2,1-2H3,(H,15,16)(H,17,18). The van der Waals surface area contributed by atoms with Crippen LogP contribution in [0.25, 0.3) is 0 Å². The molecule has 0 radical (unpaired) electrons. The van der Waals surface area contributed by atoms with Gasteiger partial charge in [-0.3, -0.25) is 4.79 Å². The van der Waals surface area contributed by atoms with Crippen molar-refractivity contribution in [3.05, 3.63) is 35.9 Å². The average Bonchev–Trinajstić information content (AvgIpc) is 2.74. The second kappa shape index (κ2) is 5.60. The zero-order chi connectivity index (χ0) is 14.8. The molecule has 1 aliphatic rings. The van der Waals surface area contributed by atoms with Gasteiger partial charge in [0.1, 0.15) is 0 Å². The molecule has 2 N–H and O–H groups in total. The number of nitrogens with one attached hydrogen (secondary N) is 1. The van der Waals surface area contributed by atoms with E-state index in [9.17, 15) is 9.59 Å². The van der Waals surface area contributed by atoms with Crippen molar-refractivity contribution >= 4 is 11.9 Å². The highest BCUT2D eigenvalue weighted by Gasteiger charge is 2.48. The lowest BCUT2D eigenvalue weighted by Crippen LogP contribution is -2.43. The Morgan fingerprint density at radius 2 is 1.80 bits per heavy atom. The monoisotopic (exact) mass is 279 g/mol. The Morgan fingerprint density at radius 3 is 2.40 bits per heavy atom. The summed E-state index contributed by atoms with van der Waals surface area (Å²) in [5.74, 6) is -2.79. The molecule has 1 fully saturated rings. The smallest absolute Gasteiger partial charge is 0.336 e. The van der Waals surface area contributed by atoms with E-state index in [1.807, 2.05) is 30.3 Å². The van der Waals surface area contributed by atoms with Gasteiger partial charge < -0.3 is 19.9 Å². The highest BCUT2D eigenvalue weighted by Crippen LogP contribution is 2.28. The molecule has 0 saturated carbocycles. The van der Waals surface area contributed by atoms with Crippen LogP contribution in [0.5, 0.6) is 0 Å². The first-order chi connectivity index (χ1) is 9.39. The predicted molar refractivity (Wildman–Crippen MR) is 69.7 cm³/mol. The molecule has 1 aromatic rings. The van der Waals surface area contributed by atoms with Crippen molar-refractivity contribution in [2.24, 2.45) is 0 Å². The first-order valence-electron chi connectivity index (χ1n) is 6.29. The Kier molecular flexibility index (Phi) is 4.06. The quantitative estimate of drug-likeness (QED) is 0.855. The van der Waals surface area contributed by atoms with Crippen LogP contribution in [-0.4, -0.2) is 35.0 Å². The molecule has 2 unspecified atom stereocenters. The summed E-state index contributed by atoms with van der Waals surface area (Å²) in [7, 11) is 0. The molecule has 0 aliphatic carbocycles. The molecule has 6 heteroatoms. The number of aliphatic carboxylic acids is 1. The van der Waals surface area contributed by atoms with Crippen molar-refractivity contribution in [1.29, 1.82) is 0 Å². The zero-order valence-electron chi connectivity index (χ0n) is 11.3. The lowest BCUT2D eigenvalue weighted by Gasteiger charge is -2.16. The SMILES string of the molecule is CC1(C)OC(C(=O)O)C(C(=O)NCc2ccccc2)O1. The fraction of sp³-hybridized carbons (Fsp3) is 0.429. The van der Waals surface area contributed by atoms with Gasteiger partial charge in [0.15, 0.2) is 18.0 Å². The number of benzene rings is 1. The summed E-state index contributed by atoms with van der Waals surface area (Å²) in [6, 6.07) is 9.33. The van der Waals surface area contributed by atoms with Crippen molar-refractivity contribution in [3.63, 3.8) is 0 Å². The van der Waals surface area contributed by atoms with Gasteiger partial charge in [-0.05, 0) is 19.4 Å². The minimum atomic E-state index is -1.29. The number of rotatable bonds is 4. The number of hydrogen-bond acceptors (Lipinski definition) is 4. The van der Waals surface area contributed by atoms with E-state index in [0.29, 0.717) is 6.54 Å². The van der Waals surface area contributed by atoms with Crippen LogP contribution < -0.4 is 5.32 Å². The van der Waals surface area contributed by atoms with Crippen molar-refractivity contribution < 1.29 is 24.2 Å². The molecule has 108 valence electrons. The molecule has 1 amide bonds. The third-order valence-electron chi connectivity index (χ3n) is 2.91. The molecule has 0 aromatic heterocycles. The molecule has 1 heterocycles. The highest BCUT2D eigenvalue weighted by atomic mass is 16.8. The van der Waals surface area contributed by atoms with Gasteiger partial charge in [-0.15, -0.1) is 0 Å². The third kappa shape index (κ3) is 3.34. The Morgan fingerprint density at radius 1 is 1.20 bits per heavy atom. The van der Waals surface area contributed by atoms with Crippen LogP contribution in [0.3, 0.4) is 0 Å².